The van der Waals surface area contributed by atoms with E-state index in [0.717, 1.165) is 13.1 Å². The Morgan fingerprint density at radius 2 is 1.89 bits per heavy atom. The summed E-state index contributed by atoms with van der Waals surface area (Å²) >= 11 is 0. The predicted octanol–water partition coefficient (Wildman–Crippen LogP) is 0.403. The minimum Gasteiger partial charge on any atom is -0.337 e. The SMILES string of the molecule is Fc1ccc2c(c1)C[NH2+]C[C@@H]2[NH+]1CCCCCC1. The summed E-state index contributed by atoms with van der Waals surface area (Å²) in [7, 11) is 0. The second-order valence-corrected chi connectivity index (χ2v) is 5.70. The van der Waals surface area contributed by atoms with Crippen LogP contribution in [0.15, 0.2) is 18.2 Å². The molecule has 0 bridgehead atoms. The molecule has 0 radical (unpaired) electrons. The Bertz CT molecular complexity index is 411. The monoisotopic (exact) mass is 250 g/mol. The zero-order valence-corrected chi connectivity index (χ0v) is 10.9. The van der Waals surface area contributed by atoms with Gasteiger partial charge in [0.2, 0.25) is 0 Å². The van der Waals surface area contributed by atoms with Crippen molar-refractivity contribution in [3.05, 3.63) is 35.1 Å². The van der Waals surface area contributed by atoms with Gasteiger partial charge >= 0.3 is 0 Å². The standard InChI is InChI=1S/C15H21FN2/c16-13-5-6-14-12(9-13)10-17-11-15(14)18-7-3-1-2-4-8-18/h5-6,9,15,17H,1-4,7-8,10-11H2/p+2/t15-/m0/s1. The topological polar surface area (TPSA) is 21.1 Å². The van der Waals surface area contributed by atoms with Gasteiger partial charge in [-0.05, 0) is 43.9 Å². The second kappa shape index (κ2) is 5.37. The molecule has 0 amide bonds. The van der Waals surface area contributed by atoms with Crippen LogP contribution in [0.2, 0.25) is 0 Å². The van der Waals surface area contributed by atoms with Gasteiger partial charge in [-0.15, -0.1) is 0 Å². The normalized spacial score (nSPS) is 25.5. The van der Waals surface area contributed by atoms with Gasteiger partial charge in [0.25, 0.3) is 0 Å². The fourth-order valence-corrected chi connectivity index (χ4v) is 3.54. The Morgan fingerprint density at radius 1 is 1.11 bits per heavy atom. The van der Waals surface area contributed by atoms with E-state index in [0.29, 0.717) is 6.04 Å². The highest BCUT2D eigenvalue weighted by atomic mass is 19.1. The van der Waals surface area contributed by atoms with Crippen molar-refractivity contribution in [2.75, 3.05) is 19.6 Å². The molecule has 0 saturated carbocycles. The molecule has 2 aliphatic heterocycles. The third-order valence-corrected chi connectivity index (χ3v) is 4.49. The van der Waals surface area contributed by atoms with Gasteiger partial charge in [-0.25, -0.2) is 4.39 Å². The van der Waals surface area contributed by atoms with Gasteiger partial charge < -0.3 is 10.2 Å². The number of nitrogens with one attached hydrogen (secondary N) is 1. The van der Waals surface area contributed by atoms with Crippen molar-refractivity contribution in [2.24, 2.45) is 0 Å². The first-order chi connectivity index (χ1) is 8.84. The molecule has 1 aromatic rings. The number of halogens is 1. The van der Waals surface area contributed by atoms with Crippen molar-refractivity contribution in [1.82, 2.24) is 0 Å². The van der Waals surface area contributed by atoms with Crippen molar-refractivity contribution in [2.45, 2.75) is 38.3 Å². The average Bonchev–Trinajstić information content (AvgIpc) is 2.66. The summed E-state index contributed by atoms with van der Waals surface area (Å²) in [6, 6.07) is 5.97. The van der Waals surface area contributed by atoms with Crippen LogP contribution in [-0.4, -0.2) is 19.6 Å². The Labute approximate surface area is 108 Å². The summed E-state index contributed by atoms with van der Waals surface area (Å²) in [5, 5.41) is 2.34. The van der Waals surface area contributed by atoms with Crippen LogP contribution in [0.4, 0.5) is 4.39 Å². The number of fused-ring (bicyclic) bond motifs is 1. The van der Waals surface area contributed by atoms with Crippen molar-refractivity contribution in [1.29, 1.82) is 0 Å². The van der Waals surface area contributed by atoms with E-state index in [-0.39, 0.29) is 5.82 Å². The van der Waals surface area contributed by atoms with Gasteiger partial charge in [-0.1, -0.05) is 0 Å². The number of rotatable bonds is 1. The van der Waals surface area contributed by atoms with Gasteiger partial charge in [0.1, 0.15) is 18.9 Å². The highest BCUT2D eigenvalue weighted by molar-refractivity contribution is 5.30. The lowest BCUT2D eigenvalue weighted by atomic mass is 9.95. The van der Waals surface area contributed by atoms with Gasteiger partial charge in [0.15, 0.2) is 6.04 Å². The molecule has 2 heterocycles. The fraction of sp³-hybridized carbons (Fsp3) is 0.600. The van der Waals surface area contributed by atoms with Gasteiger partial charge in [-0.2, -0.15) is 0 Å². The molecule has 1 fully saturated rings. The number of quaternary nitrogens is 2. The van der Waals surface area contributed by atoms with Crippen LogP contribution in [0.5, 0.6) is 0 Å². The molecule has 0 unspecified atom stereocenters. The summed E-state index contributed by atoms with van der Waals surface area (Å²) in [6.45, 7) is 4.68. The van der Waals surface area contributed by atoms with E-state index in [2.05, 4.69) is 5.32 Å². The highest BCUT2D eigenvalue weighted by Gasteiger charge is 2.31. The number of likely N-dealkylation sites (tertiary alicyclic amines) is 1. The van der Waals surface area contributed by atoms with E-state index in [4.69, 9.17) is 0 Å². The van der Waals surface area contributed by atoms with E-state index in [1.165, 1.54) is 49.9 Å². The predicted molar refractivity (Wildman–Crippen MR) is 68.8 cm³/mol. The Hall–Kier alpha value is -0.930. The summed E-state index contributed by atoms with van der Waals surface area (Å²) in [5.41, 5.74) is 2.61. The first-order valence-corrected chi connectivity index (χ1v) is 7.29. The molecule has 1 atom stereocenters. The maximum Gasteiger partial charge on any atom is 0.163 e. The van der Waals surface area contributed by atoms with Crippen LogP contribution in [0.1, 0.15) is 42.9 Å². The summed E-state index contributed by atoms with van der Waals surface area (Å²) in [6.07, 6.45) is 5.47. The first-order valence-electron chi connectivity index (χ1n) is 7.29. The molecule has 3 rings (SSSR count). The molecule has 3 heteroatoms. The first kappa shape index (κ1) is 12.1. The van der Waals surface area contributed by atoms with Crippen molar-refractivity contribution >= 4 is 0 Å². The van der Waals surface area contributed by atoms with Gasteiger partial charge in [-0.3, -0.25) is 0 Å². The quantitative estimate of drug-likeness (QED) is 0.720. The lowest BCUT2D eigenvalue weighted by Crippen LogP contribution is -3.15. The van der Waals surface area contributed by atoms with Crippen molar-refractivity contribution in [3.8, 4) is 0 Å². The van der Waals surface area contributed by atoms with Crippen LogP contribution in [0, 0.1) is 5.82 Å². The van der Waals surface area contributed by atoms with Crippen LogP contribution in [-0.2, 0) is 6.54 Å². The lowest BCUT2D eigenvalue weighted by molar-refractivity contribution is -0.947. The second-order valence-electron chi connectivity index (χ2n) is 5.70. The zero-order chi connectivity index (χ0) is 12.4. The highest BCUT2D eigenvalue weighted by Crippen LogP contribution is 2.19. The third-order valence-electron chi connectivity index (χ3n) is 4.49. The van der Waals surface area contributed by atoms with Crippen LogP contribution in [0.25, 0.3) is 0 Å². The van der Waals surface area contributed by atoms with Crippen LogP contribution >= 0.6 is 0 Å². The van der Waals surface area contributed by atoms with E-state index >= 15 is 0 Å². The molecule has 1 aromatic carbocycles. The molecule has 2 nitrogen and oxygen atoms in total. The molecule has 0 aliphatic carbocycles. The number of benzene rings is 1. The molecule has 0 spiro atoms. The maximum atomic E-state index is 13.3. The zero-order valence-electron chi connectivity index (χ0n) is 10.9. The smallest absolute Gasteiger partial charge is 0.163 e. The number of nitrogens with two attached hydrogens (primary N) is 1. The fourth-order valence-electron chi connectivity index (χ4n) is 3.54. The molecular weight excluding hydrogens is 227 g/mol. The average molecular weight is 250 g/mol. The number of hydrogen-bond donors (Lipinski definition) is 2. The van der Waals surface area contributed by atoms with Gasteiger partial charge in [0, 0.05) is 11.1 Å². The summed E-state index contributed by atoms with van der Waals surface area (Å²) in [4.78, 5) is 1.72. The molecule has 3 N–H and O–H groups in total. The van der Waals surface area contributed by atoms with Crippen molar-refractivity contribution < 1.29 is 14.6 Å². The molecule has 98 valence electrons. The lowest BCUT2D eigenvalue weighted by Gasteiger charge is -2.30. The van der Waals surface area contributed by atoms with Gasteiger partial charge in [0.05, 0.1) is 13.1 Å². The minimum absolute atomic E-state index is 0.0892. The third kappa shape index (κ3) is 2.43. The van der Waals surface area contributed by atoms with E-state index in [1.807, 2.05) is 6.07 Å². The minimum atomic E-state index is -0.0892. The van der Waals surface area contributed by atoms with E-state index in [9.17, 15) is 4.39 Å². The van der Waals surface area contributed by atoms with Crippen molar-refractivity contribution in [3.63, 3.8) is 0 Å². The number of hydrogen-bond acceptors (Lipinski definition) is 0. The van der Waals surface area contributed by atoms with E-state index < -0.39 is 0 Å². The summed E-state index contributed by atoms with van der Waals surface area (Å²) in [5.74, 6) is -0.0892. The largest absolute Gasteiger partial charge is 0.337 e. The molecule has 2 aliphatic rings. The molecule has 1 saturated heterocycles. The van der Waals surface area contributed by atoms with Crippen LogP contribution < -0.4 is 10.2 Å². The molecule has 0 aromatic heterocycles. The summed E-state index contributed by atoms with van der Waals surface area (Å²) < 4.78 is 13.3. The Balaban J connectivity index is 1.85. The Morgan fingerprint density at radius 3 is 2.67 bits per heavy atom. The van der Waals surface area contributed by atoms with Crippen LogP contribution in [0.3, 0.4) is 0 Å². The maximum absolute atomic E-state index is 13.3. The molecular formula is C15H23FN2+2. The Kier molecular flexibility index (Phi) is 3.62. The molecule has 18 heavy (non-hydrogen) atoms. The van der Waals surface area contributed by atoms with E-state index in [1.54, 1.807) is 17.0 Å².